The molecule has 0 aliphatic heterocycles. The maximum absolute atomic E-state index is 12.6. The smallest absolute Gasteiger partial charge is 0.255 e. The fourth-order valence-corrected chi connectivity index (χ4v) is 2.47. The summed E-state index contributed by atoms with van der Waals surface area (Å²) in [6.07, 6.45) is 0. The Morgan fingerprint density at radius 3 is 2.35 bits per heavy atom. The maximum Gasteiger partial charge on any atom is 0.255 e. The molecule has 4 nitrogen and oxygen atoms in total. The highest BCUT2D eigenvalue weighted by Crippen LogP contribution is 2.28. The van der Waals surface area contributed by atoms with Gasteiger partial charge in [-0.25, -0.2) is 0 Å². The predicted octanol–water partition coefficient (Wildman–Crippen LogP) is 4.33. The first-order chi connectivity index (χ1) is 10.9. The molecule has 23 heavy (non-hydrogen) atoms. The number of carbonyl (C=O) groups excluding carboxylic acids is 2. The largest absolute Gasteiger partial charge is 0.326 e. The zero-order valence-electron chi connectivity index (χ0n) is 13.9. The number of carbonyl (C=O) groups is 2. The Hall–Kier alpha value is -2.62. The number of amides is 2. The average molecular weight is 310 g/mol. The monoisotopic (exact) mass is 310 g/mol. The van der Waals surface area contributed by atoms with Gasteiger partial charge in [-0.1, -0.05) is 38.1 Å². The van der Waals surface area contributed by atoms with E-state index in [2.05, 4.69) is 24.5 Å². The van der Waals surface area contributed by atoms with Crippen LogP contribution in [0, 0.1) is 6.92 Å². The summed E-state index contributed by atoms with van der Waals surface area (Å²) < 4.78 is 0. The second-order valence-electron chi connectivity index (χ2n) is 5.91. The molecular formula is C19H22N2O2. The molecule has 0 radical (unpaired) electrons. The molecule has 0 fully saturated rings. The lowest BCUT2D eigenvalue weighted by atomic mass is 9.98. The minimum absolute atomic E-state index is 0.163. The van der Waals surface area contributed by atoms with Crippen LogP contribution in [-0.4, -0.2) is 11.8 Å². The summed E-state index contributed by atoms with van der Waals surface area (Å²) in [5, 5.41) is 5.69. The summed E-state index contributed by atoms with van der Waals surface area (Å²) in [6, 6.07) is 12.9. The zero-order valence-corrected chi connectivity index (χ0v) is 13.9. The topological polar surface area (TPSA) is 58.2 Å². The lowest BCUT2D eigenvalue weighted by molar-refractivity contribution is -0.114. The van der Waals surface area contributed by atoms with E-state index in [9.17, 15) is 9.59 Å². The Morgan fingerprint density at radius 1 is 1.00 bits per heavy atom. The van der Waals surface area contributed by atoms with Crippen molar-refractivity contribution >= 4 is 23.2 Å². The molecule has 0 saturated carbocycles. The number of hydrogen-bond donors (Lipinski definition) is 2. The van der Waals surface area contributed by atoms with Crippen molar-refractivity contribution in [3.05, 3.63) is 59.2 Å². The van der Waals surface area contributed by atoms with Crippen LogP contribution in [0.2, 0.25) is 0 Å². The van der Waals surface area contributed by atoms with Crippen molar-refractivity contribution in [3.8, 4) is 0 Å². The van der Waals surface area contributed by atoms with Gasteiger partial charge in [-0.2, -0.15) is 0 Å². The van der Waals surface area contributed by atoms with Crippen LogP contribution in [0.3, 0.4) is 0 Å². The van der Waals surface area contributed by atoms with E-state index in [1.165, 1.54) is 6.92 Å². The van der Waals surface area contributed by atoms with Gasteiger partial charge in [-0.15, -0.1) is 0 Å². The van der Waals surface area contributed by atoms with Crippen LogP contribution in [0.4, 0.5) is 11.4 Å². The number of aryl methyl sites for hydroxylation is 1. The number of nitrogens with one attached hydrogen (secondary N) is 2. The van der Waals surface area contributed by atoms with Gasteiger partial charge in [-0.05, 0) is 42.2 Å². The third kappa shape index (κ3) is 4.19. The molecule has 2 aromatic carbocycles. The second-order valence-corrected chi connectivity index (χ2v) is 5.91. The normalized spacial score (nSPS) is 10.5. The van der Waals surface area contributed by atoms with E-state index in [1.54, 1.807) is 24.3 Å². The molecule has 0 bridgehead atoms. The highest BCUT2D eigenvalue weighted by atomic mass is 16.2. The first kappa shape index (κ1) is 16.7. The molecule has 2 N–H and O–H groups in total. The van der Waals surface area contributed by atoms with E-state index in [-0.39, 0.29) is 11.8 Å². The van der Waals surface area contributed by atoms with Crippen molar-refractivity contribution in [3.63, 3.8) is 0 Å². The van der Waals surface area contributed by atoms with E-state index in [1.807, 2.05) is 25.1 Å². The molecule has 0 saturated heterocycles. The summed E-state index contributed by atoms with van der Waals surface area (Å²) in [6.45, 7) is 7.62. The predicted molar refractivity (Wildman–Crippen MR) is 94.0 cm³/mol. The Bertz CT molecular complexity index is 736. The van der Waals surface area contributed by atoms with Gasteiger partial charge in [0.2, 0.25) is 5.91 Å². The lowest BCUT2D eigenvalue weighted by Crippen LogP contribution is -2.15. The van der Waals surface area contributed by atoms with Gasteiger partial charge in [0.1, 0.15) is 0 Å². The molecule has 0 spiro atoms. The molecule has 0 aromatic heterocycles. The summed E-state index contributed by atoms with van der Waals surface area (Å²) in [5.74, 6) is -0.0344. The van der Waals surface area contributed by atoms with Crippen LogP contribution in [0.5, 0.6) is 0 Å². The molecule has 120 valence electrons. The fraction of sp³-hybridized carbons (Fsp3) is 0.263. The molecule has 0 heterocycles. The molecular weight excluding hydrogens is 288 g/mol. The molecule has 2 rings (SSSR count). The van der Waals surface area contributed by atoms with E-state index in [0.717, 1.165) is 16.8 Å². The summed E-state index contributed by atoms with van der Waals surface area (Å²) in [7, 11) is 0. The average Bonchev–Trinajstić information content (AvgIpc) is 2.48. The zero-order chi connectivity index (χ0) is 17.0. The lowest BCUT2D eigenvalue weighted by Gasteiger charge is -2.16. The van der Waals surface area contributed by atoms with Gasteiger partial charge >= 0.3 is 0 Å². The van der Waals surface area contributed by atoms with Gasteiger partial charge in [0.25, 0.3) is 5.91 Å². The van der Waals surface area contributed by atoms with Crippen molar-refractivity contribution in [2.24, 2.45) is 0 Å². The third-order valence-electron chi connectivity index (χ3n) is 3.61. The Labute approximate surface area is 136 Å². The molecule has 0 aliphatic rings. The number of para-hydroxylation sites is 1. The highest BCUT2D eigenvalue weighted by Gasteiger charge is 2.13. The SMILES string of the molecule is CC(=O)Nc1cccc(C(=O)Nc2c(C)cccc2C(C)C)c1. The van der Waals surface area contributed by atoms with Crippen LogP contribution >= 0.6 is 0 Å². The van der Waals surface area contributed by atoms with Crippen LogP contribution in [-0.2, 0) is 4.79 Å². The summed E-state index contributed by atoms with van der Waals surface area (Å²) in [5.41, 5.74) is 4.12. The molecule has 4 heteroatoms. The Kier molecular flexibility index (Phi) is 5.16. The minimum atomic E-state index is -0.187. The number of benzene rings is 2. The van der Waals surface area contributed by atoms with Gasteiger partial charge in [0.15, 0.2) is 0 Å². The van der Waals surface area contributed by atoms with Gasteiger partial charge in [0.05, 0.1) is 0 Å². The van der Waals surface area contributed by atoms with Crippen molar-refractivity contribution < 1.29 is 9.59 Å². The Morgan fingerprint density at radius 2 is 1.70 bits per heavy atom. The number of rotatable bonds is 4. The van der Waals surface area contributed by atoms with E-state index in [4.69, 9.17) is 0 Å². The summed E-state index contributed by atoms with van der Waals surface area (Å²) >= 11 is 0. The number of anilines is 2. The van der Waals surface area contributed by atoms with Crippen LogP contribution in [0.1, 0.15) is 48.2 Å². The van der Waals surface area contributed by atoms with Crippen molar-refractivity contribution in [2.45, 2.75) is 33.6 Å². The first-order valence-electron chi connectivity index (χ1n) is 7.67. The summed E-state index contributed by atoms with van der Waals surface area (Å²) in [4.78, 5) is 23.7. The molecule has 2 aromatic rings. The van der Waals surface area contributed by atoms with Crippen LogP contribution in [0.25, 0.3) is 0 Å². The van der Waals surface area contributed by atoms with E-state index < -0.39 is 0 Å². The Balaban J connectivity index is 2.28. The fourth-order valence-electron chi connectivity index (χ4n) is 2.47. The first-order valence-corrected chi connectivity index (χ1v) is 7.67. The van der Waals surface area contributed by atoms with Crippen LogP contribution < -0.4 is 10.6 Å². The van der Waals surface area contributed by atoms with Crippen molar-refractivity contribution in [2.75, 3.05) is 10.6 Å². The van der Waals surface area contributed by atoms with Gasteiger partial charge in [0, 0.05) is 23.9 Å². The highest BCUT2D eigenvalue weighted by molar-refractivity contribution is 6.06. The number of hydrogen-bond acceptors (Lipinski definition) is 2. The second kappa shape index (κ2) is 7.09. The van der Waals surface area contributed by atoms with Crippen molar-refractivity contribution in [1.82, 2.24) is 0 Å². The van der Waals surface area contributed by atoms with Gasteiger partial charge in [-0.3, -0.25) is 9.59 Å². The molecule has 2 amide bonds. The standard InChI is InChI=1S/C19H22N2O2/c1-12(2)17-10-5-7-13(3)18(17)21-19(23)15-8-6-9-16(11-15)20-14(4)22/h5-12H,1-4H3,(H,20,22)(H,21,23). The van der Waals surface area contributed by atoms with E-state index in [0.29, 0.717) is 17.2 Å². The molecule has 0 unspecified atom stereocenters. The molecule has 0 atom stereocenters. The van der Waals surface area contributed by atoms with E-state index >= 15 is 0 Å². The maximum atomic E-state index is 12.6. The molecule has 0 aliphatic carbocycles. The van der Waals surface area contributed by atoms with Crippen molar-refractivity contribution in [1.29, 1.82) is 0 Å². The quantitative estimate of drug-likeness (QED) is 0.883. The third-order valence-corrected chi connectivity index (χ3v) is 3.61. The van der Waals surface area contributed by atoms with Crippen LogP contribution in [0.15, 0.2) is 42.5 Å². The van der Waals surface area contributed by atoms with Gasteiger partial charge < -0.3 is 10.6 Å². The minimum Gasteiger partial charge on any atom is -0.326 e.